The number of aryl methyl sites for hydroxylation is 1. The van der Waals surface area contributed by atoms with Gasteiger partial charge < -0.3 is 10.1 Å². The summed E-state index contributed by atoms with van der Waals surface area (Å²) in [6, 6.07) is 8.75. The Balaban J connectivity index is 1.73. The number of rotatable bonds is 4. The van der Waals surface area contributed by atoms with Gasteiger partial charge in [-0.05, 0) is 42.7 Å². The Morgan fingerprint density at radius 3 is 2.68 bits per heavy atom. The number of nitrogens with one attached hydrogen (secondary N) is 2. The Bertz CT molecular complexity index is 760. The van der Waals surface area contributed by atoms with Gasteiger partial charge in [-0.2, -0.15) is 5.10 Å². The zero-order valence-electron chi connectivity index (χ0n) is 11.6. The van der Waals surface area contributed by atoms with E-state index in [1.165, 1.54) is 0 Å². The molecule has 0 radical (unpaired) electrons. The summed E-state index contributed by atoms with van der Waals surface area (Å²) in [6.45, 7) is 0. The van der Waals surface area contributed by atoms with Crippen LogP contribution in [0.15, 0.2) is 47.2 Å². The third-order valence-electron chi connectivity index (χ3n) is 3.40. The molecule has 6 heteroatoms. The smallest absolute Gasteiger partial charge is 0.273 e. The van der Waals surface area contributed by atoms with Gasteiger partial charge in [0.25, 0.3) is 5.91 Å². The van der Waals surface area contributed by atoms with Crippen molar-refractivity contribution in [1.29, 1.82) is 0 Å². The van der Waals surface area contributed by atoms with Gasteiger partial charge in [-0.3, -0.25) is 4.79 Å². The average molecular weight is 316 g/mol. The van der Waals surface area contributed by atoms with Gasteiger partial charge in [0.15, 0.2) is 0 Å². The fraction of sp³-hybridized carbons (Fsp3) is 0.125. The number of benzene rings is 1. The summed E-state index contributed by atoms with van der Waals surface area (Å²) in [5.74, 6) is 0.0226. The first-order valence-electron chi connectivity index (χ1n) is 6.82. The number of hydrogen-bond donors (Lipinski definition) is 3. The largest absolute Gasteiger partial charge is 0.508 e. The monoisotopic (exact) mass is 315 g/mol. The number of carbonyl (C=O) groups excluding carboxylic acids is 1. The van der Waals surface area contributed by atoms with Crippen molar-refractivity contribution < 1.29 is 9.90 Å². The summed E-state index contributed by atoms with van der Waals surface area (Å²) >= 11 is 5.86. The summed E-state index contributed by atoms with van der Waals surface area (Å²) in [5, 5.41) is 14.0. The summed E-state index contributed by atoms with van der Waals surface area (Å²) < 4.78 is 0. The highest BCUT2D eigenvalue weighted by atomic mass is 35.5. The molecule has 2 aromatic rings. The van der Waals surface area contributed by atoms with Crippen LogP contribution >= 0.6 is 11.6 Å². The average Bonchev–Trinajstić information content (AvgIpc) is 3.06. The molecule has 0 unspecified atom stereocenters. The Hall–Kier alpha value is -2.53. The molecule has 5 nitrogen and oxygen atoms in total. The second kappa shape index (κ2) is 6.07. The van der Waals surface area contributed by atoms with Crippen molar-refractivity contribution >= 4 is 29.3 Å². The maximum absolute atomic E-state index is 11.9. The van der Waals surface area contributed by atoms with E-state index < -0.39 is 0 Å². The highest BCUT2D eigenvalue weighted by molar-refractivity contribution is 6.31. The van der Waals surface area contributed by atoms with Gasteiger partial charge >= 0.3 is 0 Å². The Labute approximate surface area is 132 Å². The van der Waals surface area contributed by atoms with Crippen LogP contribution in [-0.2, 0) is 11.2 Å². The maximum atomic E-state index is 11.9. The second-order valence-electron chi connectivity index (χ2n) is 5.00. The molecule has 1 aromatic carbocycles. The van der Waals surface area contributed by atoms with E-state index in [1.807, 2.05) is 12.1 Å². The molecule has 1 aliphatic rings. The number of amides is 1. The molecule has 0 bridgehead atoms. The number of aromatic hydroxyl groups is 1. The van der Waals surface area contributed by atoms with E-state index in [0.717, 1.165) is 17.7 Å². The highest BCUT2D eigenvalue weighted by Gasteiger charge is 2.22. The van der Waals surface area contributed by atoms with Crippen LogP contribution < -0.4 is 5.43 Å². The molecule has 0 saturated heterocycles. The van der Waals surface area contributed by atoms with E-state index in [-0.39, 0.29) is 11.7 Å². The number of hydrogen-bond acceptors (Lipinski definition) is 3. The SMILES string of the molecule is O=C1NN=C(CCc2ccc(O)cc2)C1=Cc1cc(Cl)c[nH]1. The maximum Gasteiger partial charge on any atom is 0.273 e. The molecule has 3 N–H and O–H groups in total. The van der Waals surface area contributed by atoms with Gasteiger partial charge in [0, 0.05) is 11.9 Å². The van der Waals surface area contributed by atoms with E-state index in [2.05, 4.69) is 15.5 Å². The fourth-order valence-electron chi connectivity index (χ4n) is 2.26. The van der Waals surface area contributed by atoms with E-state index in [4.69, 9.17) is 11.6 Å². The van der Waals surface area contributed by atoms with Crippen molar-refractivity contribution in [3.8, 4) is 5.75 Å². The molecule has 1 aliphatic heterocycles. The van der Waals surface area contributed by atoms with Crippen molar-refractivity contribution in [3.05, 3.63) is 58.4 Å². The second-order valence-corrected chi connectivity index (χ2v) is 5.43. The summed E-state index contributed by atoms with van der Waals surface area (Å²) in [5.41, 5.74) is 5.57. The van der Waals surface area contributed by atoms with E-state index in [9.17, 15) is 9.90 Å². The number of aromatic amines is 1. The number of phenolic OH excluding ortho intramolecular Hbond substituents is 1. The quantitative estimate of drug-likeness (QED) is 0.759. The lowest BCUT2D eigenvalue weighted by molar-refractivity contribution is -0.116. The van der Waals surface area contributed by atoms with Gasteiger partial charge in [0.1, 0.15) is 5.75 Å². The predicted octanol–water partition coefficient (Wildman–Crippen LogP) is 2.88. The third-order valence-corrected chi connectivity index (χ3v) is 3.62. The van der Waals surface area contributed by atoms with Crippen molar-refractivity contribution in [2.45, 2.75) is 12.8 Å². The normalized spacial score (nSPS) is 16.0. The summed E-state index contributed by atoms with van der Waals surface area (Å²) in [4.78, 5) is 14.9. The molecule has 0 fully saturated rings. The van der Waals surface area contributed by atoms with Crippen LogP contribution in [0.5, 0.6) is 5.75 Å². The zero-order valence-corrected chi connectivity index (χ0v) is 12.4. The van der Waals surface area contributed by atoms with E-state index in [0.29, 0.717) is 22.7 Å². The molecule has 2 heterocycles. The van der Waals surface area contributed by atoms with Crippen LogP contribution in [0, 0.1) is 0 Å². The Kier molecular flexibility index (Phi) is 3.98. The molecule has 0 saturated carbocycles. The van der Waals surface area contributed by atoms with Crippen molar-refractivity contribution in [2.24, 2.45) is 5.10 Å². The minimum Gasteiger partial charge on any atom is -0.508 e. The number of halogens is 1. The lowest BCUT2D eigenvalue weighted by Crippen LogP contribution is -2.13. The molecule has 1 amide bonds. The summed E-state index contributed by atoms with van der Waals surface area (Å²) in [7, 11) is 0. The molecule has 1 aromatic heterocycles. The molecular formula is C16H14ClN3O2. The Morgan fingerprint density at radius 1 is 1.23 bits per heavy atom. The van der Waals surface area contributed by atoms with Gasteiger partial charge in [0.2, 0.25) is 0 Å². The molecular weight excluding hydrogens is 302 g/mol. The Morgan fingerprint density at radius 2 is 2.00 bits per heavy atom. The third kappa shape index (κ3) is 3.20. The minimum absolute atomic E-state index is 0.216. The lowest BCUT2D eigenvalue weighted by atomic mass is 10.0. The molecule has 0 spiro atoms. The number of H-pyrrole nitrogens is 1. The molecule has 0 aliphatic carbocycles. The van der Waals surface area contributed by atoms with Gasteiger partial charge in [0.05, 0.1) is 16.3 Å². The zero-order chi connectivity index (χ0) is 15.5. The minimum atomic E-state index is -0.216. The summed E-state index contributed by atoms with van der Waals surface area (Å²) in [6.07, 6.45) is 4.76. The molecule has 22 heavy (non-hydrogen) atoms. The van der Waals surface area contributed by atoms with Crippen LogP contribution in [0.4, 0.5) is 0 Å². The van der Waals surface area contributed by atoms with E-state index >= 15 is 0 Å². The number of aromatic nitrogens is 1. The first kappa shape index (κ1) is 14.4. The first-order valence-corrected chi connectivity index (χ1v) is 7.20. The number of nitrogens with zero attached hydrogens (tertiary/aromatic N) is 1. The molecule has 112 valence electrons. The van der Waals surface area contributed by atoms with Crippen LogP contribution in [0.1, 0.15) is 17.7 Å². The van der Waals surface area contributed by atoms with Crippen molar-refractivity contribution in [2.75, 3.05) is 0 Å². The van der Waals surface area contributed by atoms with Gasteiger partial charge in [-0.15, -0.1) is 0 Å². The van der Waals surface area contributed by atoms with Crippen LogP contribution in [-0.4, -0.2) is 21.7 Å². The highest BCUT2D eigenvalue weighted by Crippen LogP contribution is 2.18. The molecule has 3 rings (SSSR count). The first-order chi connectivity index (χ1) is 10.6. The molecule has 0 atom stereocenters. The number of phenols is 1. The number of carbonyl (C=O) groups is 1. The van der Waals surface area contributed by atoms with Crippen molar-refractivity contribution in [3.63, 3.8) is 0 Å². The predicted molar refractivity (Wildman–Crippen MR) is 85.8 cm³/mol. The topological polar surface area (TPSA) is 77.5 Å². The fourth-order valence-corrected chi connectivity index (χ4v) is 2.43. The van der Waals surface area contributed by atoms with Crippen LogP contribution in [0.3, 0.4) is 0 Å². The standard InChI is InChI=1S/C16H14ClN3O2/c17-11-7-12(18-9-11)8-14-15(19-20-16(14)22)6-3-10-1-4-13(21)5-2-10/h1-2,4-5,7-9,18,21H,3,6H2,(H,20,22). The van der Waals surface area contributed by atoms with Gasteiger partial charge in [-0.1, -0.05) is 23.7 Å². The van der Waals surface area contributed by atoms with E-state index in [1.54, 1.807) is 30.5 Å². The van der Waals surface area contributed by atoms with Crippen molar-refractivity contribution in [1.82, 2.24) is 10.4 Å². The van der Waals surface area contributed by atoms with Gasteiger partial charge in [-0.25, -0.2) is 5.43 Å². The van der Waals surface area contributed by atoms with Crippen LogP contribution in [0.2, 0.25) is 5.02 Å². The lowest BCUT2D eigenvalue weighted by Gasteiger charge is -2.02. The van der Waals surface area contributed by atoms with Crippen LogP contribution in [0.25, 0.3) is 6.08 Å². The number of hydrazone groups is 1.